The van der Waals surface area contributed by atoms with Gasteiger partial charge in [-0.15, -0.1) is 0 Å². The molecule has 1 aromatic rings. The van der Waals surface area contributed by atoms with E-state index in [0.717, 1.165) is 24.4 Å². The molecule has 2 rings (SSSR count). The topological polar surface area (TPSA) is 41.6 Å². The van der Waals surface area contributed by atoms with E-state index in [9.17, 15) is 4.79 Å². The Balaban J connectivity index is 2.02. The van der Waals surface area contributed by atoms with E-state index in [4.69, 9.17) is 4.74 Å². The monoisotopic (exact) mass is 276 g/mol. The second kappa shape index (κ2) is 6.27. The van der Waals surface area contributed by atoms with Gasteiger partial charge >= 0.3 is 0 Å². The van der Waals surface area contributed by atoms with Gasteiger partial charge in [0.25, 0.3) is 0 Å². The number of hydrogen-bond acceptors (Lipinski definition) is 3. The molecular weight excluding hydrogens is 252 g/mol. The van der Waals surface area contributed by atoms with Crippen molar-refractivity contribution in [2.75, 3.05) is 27.2 Å². The molecule has 2 unspecified atom stereocenters. The minimum atomic E-state index is 0.0730. The molecule has 0 radical (unpaired) electrons. The zero-order valence-electron chi connectivity index (χ0n) is 12.7. The number of carbonyl (C=O) groups is 1. The predicted octanol–water partition coefficient (Wildman–Crippen LogP) is 2.07. The van der Waals surface area contributed by atoms with Gasteiger partial charge in [0.05, 0.1) is 13.2 Å². The van der Waals surface area contributed by atoms with Crippen LogP contribution in [0.25, 0.3) is 0 Å². The van der Waals surface area contributed by atoms with E-state index in [1.807, 2.05) is 43.1 Å². The number of nitrogens with zero attached hydrogens (tertiary/aromatic N) is 1. The van der Waals surface area contributed by atoms with Gasteiger partial charge in [-0.3, -0.25) is 4.79 Å². The number of methoxy groups -OCH3 is 1. The van der Waals surface area contributed by atoms with E-state index >= 15 is 0 Å². The van der Waals surface area contributed by atoms with Crippen LogP contribution in [0, 0.1) is 11.8 Å². The van der Waals surface area contributed by atoms with Crippen molar-refractivity contribution >= 4 is 5.91 Å². The number of amides is 1. The third-order valence-corrected chi connectivity index (χ3v) is 4.44. The SMILES string of the molecule is COc1ccc(C(C)N(C)C(=O)C(C)C2CNC2)cc1. The predicted molar refractivity (Wildman–Crippen MR) is 79.7 cm³/mol. The van der Waals surface area contributed by atoms with Crippen molar-refractivity contribution in [2.45, 2.75) is 19.9 Å². The Kier molecular flexibility index (Phi) is 4.65. The summed E-state index contributed by atoms with van der Waals surface area (Å²) in [5.41, 5.74) is 1.13. The van der Waals surface area contributed by atoms with E-state index < -0.39 is 0 Å². The van der Waals surface area contributed by atoms with E-state index in [-0.39, 0.29) is 17.9 Å². The molecule has 0 bridgehead atoms. The highest BCUT2D eigenvalue weighted by Gasteiger charge is 2.32. The molecule has 4 heteroatoms. The average molecular weight is 276 g/mol. The summed E-state index contributed by atoms with van der Waals surface area (Å²) < 4.78 is 5.16. The molecule has 1 N–H and O–H groups in total. The van der Waals surface area contributed by atoms with Crippen molar-refractivity contribution in [3.8, 4) is 5.75 Å². The normalized spacial score (nSPS) is 18.0. The van der Waals surface area contributed by atoms with Crippen LogP contribution in [0.15, 0.2) is 24.3 Å². The van der Waals surface area contributed by atoms with E-state index in [1.165, 1.54) is 0 Å². The molecule has 110 valence electrons. The smallest absolute Gasteiger partial charge is 0.226 e. The highest BCUT2D eigenvalue weighted by molar-refractivity contribution is 5.79. The van der Waals surface area contributed by atoms with Gasteiger partial charge in [0.1, 0.15) is 5.75 Å². The van der Waals surface area contributed by atoms with Crippen molar-refractivity contribution in [1.82, 2.24) is 10.2 Å². The first kappa shape index (κ1) is 14.9. The van der Waals surface area contributed by atoms with E-state index in [1.54, 1.807) is 7.11 Å². The number of rotatable bonds is 5. The summed E-state index contributed by atoms with van der Waals surface area (Å²) >= 11 is 0. The van der Waals surface area contributed by atoms with Crippen molar-refractivity contribution in [3.63, 3.8) is 0 Å². The Bertz CT molecular complexity index is 454. The first-order valence-electron chi connectivity index (χ1n) is 7.16. The molecule has 2 atom stereocenters. The van der Waals surface area contributed by atoms with Crippen molar-refractivity contribution < 1.29 is 9.53 Å². The maximum atomic E-state index is 12.5. The fourth-order valence-corrected chi connectivity index (χ4v) is 2.48. The Morgan fingerprint density at radius 3 is 2.35 bits per heavy atom. The molecule has 0 aliphatic carbocycles. The highest BCUT2D eigenvalue weighted by Crippen LogP contribution is 2.25. The summed E-state index contributed by atoms with van der Waals surface area (Å²) in [4.78, 5) is 14.3. The van der Waals surface area contributed by atoms with Gasteiger partial charge in [0.2, 0.25) is 5.91 Å². The van der Waals surface area contributed by atoms with Gasteiger partial charge in [-0.1, -0.05) is 19.1 Å². The number of carbonyl (C=O) groups excluding carboxylic acids is 1. The Labute approximate surface area is 121 Å². The lowest BCUT2D eigenvalue weighted by molar-refractivity contribution is -0.138. The molecular formula is C16H24N2O2. The van der Waals surface area contributed by atoms with Crippen LogP contribution >= 0.6 is 0 Å². The summed E-state index contributed by atoms with van der Waals surface area (Å²) in [5, 5.41) is 3.22. The number of nitrogens with one attached hydrogen (secondary N) is 1. The Morgan fingerprint density at radius 1 is 1.30 bits per heavy atom. The van der Waals surface area contributed by atoms with Crippen LogP contribution in [-0.4, -0.2) is 38.1 Å². The molecule has 20 heavy (non-hydrogen) atoms. The molecule has 4 nitrogen and oxygen atoms in total. The molecule has 1 amide bonds. The molecule has 0 spiro atoms. The zero-order chi connectivity index (χ0) is 14.7. The van der Waals surface area contributed by atoms with Crippen LogP contribution in [0.5, 0.6) is 5.75 Å². The number of ether oxygens (including phenoxy) is 1. The average Bonchev–Trinajstić information content (AvgIpc) is 2.43. The van der Waals surface area contributed by atoms with Crippen molar-refractivity contribution in [2.24, 2.45) is 11.8 Å². The molecule has 1 aliphatic heterocycles. The molecule has 1 heterocycles. The lowest BCUT2D eigenvalue weighted by Crippen LogP contribution is -2.50. The van der Waals surface area contributed by atoms with Crippen molar-refractivity contribution in [3.05, 3.63) is 29.8 Å². The zero-order valence-corrected chi connectivity index (χ0v) is 12.7. The van der Waals surface area contributed by atoms with Gasteiger partial charge in [0, 0.05) is 13.0 Å². The molecule has 0 saturated carbocycles. The van der Waals surface area contributed by atoms with Crippen LogP contribution in [0.1, 0.15) is 25.5 Å². The van der Waals surface area contributed by atoms with E-state index in [2.05, 4.69) is 12.2 Å². The standard InChI is InChI=1S/C16H24N2O2/c1-11(14-9-17-10-14)16(19)18(3)12(2)13-5-7-15(20-4)8-6-13/h5-8,11-12,14,17H,9-10H2,1-4H3. The third kappa shape index (κ3) is 2.96. The number of hydrogen-bond donors (Lipinski definition) is 1. The molecule has 1 fully saturated rings. The second-order valence-electron chi connectivity index (χ2n) is 5.61. The molecule has 1 aromatic carbocycles. The van der Waals surface area contributed by atoms with Gasteiger partial charge in [0.15, 0.2) is 0 Å². The van der Waals surface area contributed by atoms with Crippen molar-refractivity contribution in [1.29, 1.82) is 0 Å². The minimum absolute atomic E-state index is 0.0730. The van der Waals surface area contributed by atoms with Crippen LogP contribution < -0.4 is 10.1 Å². The fourth-order valence-electron chi connectivity index (χ4n) is 2.48. The van der Waals surface area contributed by atoms with Gasteiger partial charge in [-0.05, 0) is 43.6 Å². The lowest BCUT2D eigenvalue weighted by Gasteiger charge is -2.35. The van der Waals surface area contributed by atoms with Crippen LogP contribution in [-0.2, 0) is 4.79 Å². The number of benzene rings is 1. The molecule has 0 aromatic heterocycles. The van der Waals surface area contributed by atoms with Gasteiger partial charge in [-0.2, -0.15) is 0 Å². The summed E-state index contributed by atoms with van der Waals surface area (Å²) in [6.45, 7) is 6.01. The highest BCUT2D eigenvalue weighted by atomic mass is 16.5. The Hall–Kier alpha value is -1.55. The third-order valence-electron chi connectivity index (χ3n) is 4.44. The summed E-state index contributed by atoms with van der Waals surface area (Å²) in [5.74, 6) is 1.62. The molecule has 1 saturated heterocycles. The fraction of sp³-hybridized carbons (Fsp3) is 0.562. The lowest BCUT2D eigenvalue weighted by atomic mass is 9.87. The quantitative estimate of drug-likeness (QED) is 0.895. The maximum absolute atomic E-state index is 12.5. The summed E-state index contributed by atoms with van der Waals surface area (Å²) in [6, 6.07) is 7.97. The largest absolute Gasteiger partial charge is 0.497 e. The van der Waals surface area contributed by atoms with Crippen LogP contribution in [0.4, 0.5) is 0 Å². The maximum Gasteiger partial charge on any atom is 0.226 e. The first-order chi connectivity index (χ1) is 9.54. The van der Waals surface area contributed by atoms with Gasteiger partial charge in [-0.25, -0.2) is 0 Å². The summed E-state index contributed by atoms with van der Waals surface area (Å²) in [6.07, 6.45) is 0. The van der Waals surface area contributed by atoms with Crippen LogP contribution in [0.2, 0.25) is 0 Å². The van der Waals surface area contributed by atoms with E-state index in [0.29, 0.717) is 5.92 Å². The van der Waals surface area contributed by atoms with Crippen LogP contribution in [0.3, 0.4) is 0 Å². The summed E-state index contributed by atoms with van der Waals surface area (Å²) in [7, 11) is 3.54. The second-order valence-corrected chi connectivity index (χ2v) is 5.61. The first-order valence-corrected chi connectivity index (χ1v) is 7.16. The molecule has 1 aliphatic rings. The van der Waals surface area contributed by atoms with Gasteiger partial charge < -0.3 is 15.0 Å². The Morgan fingerprint density at radius 2 is 1.90 bits per heavy atom. The minimum Gasteiger partial charge on any atom is -0.497 e.